The Hall–Kier alpha value is -1.71. The number of hydrogen-bond acceptors (Lipinski definition) is 4. The van der Waals surface area contributed by atoms with Gasteiger partial charge in [-0.1, -0.05) is 0 Å². The quantitative estimate of drug-likeness (QED) is 0.596. The van der Waals surface area contributed by atoms with Crippen LogP contribution >= 0.6 is 0 Å². The van der Waals surface area contributed by atoms with E-state index in [1.165, 1.54) is 20.8 Å². The number of ketones is 1. The summed E-state index contributed by atoms with van der Waals surface area (Å²) in [6.45, 7) is 4.19. The summed E-state index contributed by atoms with van der Waals surface area (Å²) >= 11 is 0. The van der Waals surface area contributed by atoms with Crippen molar-refractivity contribution in [3.05, 3.63) is 16.7 Å². The van der Waals surface area contributed by atoms with Crippen molar-refractivity contribution in [2.24, 2.45) is 0 Å². The summed E-state index contributed by atoms with van der Waals surface area (Å²) in [4.78, 5) is 11.1. The zero-order valence-electron chi connectivity index (χ0n) is 8.25. The molecule has 76 valence electrons. The molecule has 0 saturated heterocycles. The lowest BCUT2D eigenvalue weighted by Gasteiger charge is -2.12. The number of hydrogen-bond donors (Lipinski definition) is 3. The average Bonchev–Trinajstić information content (AvgIpc) is 2.11. The van der Waals surface area contributed by atoms with Gasteiger partial charge in [0.05, 0.1) is 0 Å². The van der Waals surface area contributed by atoms with Crippen LogP contribution in [0.25, 0.3) is 0 Å². The van der Waals surface area contributed by atoms with Crippen molar-refractivity contribution >= 4 is 5.78 Å². The molecule has 0 heterocycles. The Morgan fingerprint density at radius 3 is 1.57 bits per heavy atom. The molecule has 14 heavy (non-hydrogen) atoms. The van der Waals surface area contributed by atoms with E-state index in [2.05, 4.69) is 0 Å². The molecule has 0 radical (unpaired) electrons. The first kappa shape index (κ1) is 10.4. The van der Waals surface area contributed by atoms with E-state index < -0.39 is 5.78 Å². The van der Waals surface area contributed by atoms with Crippen LogP contribution in [0.5, 0.6) is 17.2 Å². The van der Waals surface area contributed by atoms with Crippen LogP contribution in [0.1, 0.15) is 28.4 Å². The second-order valence-corrected chi connectivity index (χ2v) is 3.23. The van der Waals surface area contributed by atoms with E-state index in [9.17, 15) is 20.1 Å². The van der Waals surface area contributed by atoms with Crippen molar-refractivity contribution < 1.29 is 20.1 Å². The average molecular weight is 196 g/mol. The number of Topliss-reactive ketones (excluding diaryl/α,β-unsaturated/α-hetero) is 1. The molecule has 4 heteroatoms. The fourth-order valence-corrected chi connectivity index (χ4v) is 1.33. The summed E-state index contributed by atoms with van der Waals surface area (Å²) in [6.07, 6.45) is 0. The normalized spacial score (nSPS) is 10.2. The van der Waals surface area contributed by atoms with Crippen molar-refractivity contribution in [2.75, 3.05) is 0 Å². The highest BCUT2D eigenvalue weighted by atomic mass is 16.3. The Bertz CT molecular complexity index is 378. The maximum atomic E-state index is 11.1. The third-order valence-corrected chi connectivity index (χ3v) is 2.25. The summed E-state index contributed by atoms with van der Waals surface area (Å²) in [5.74, 6) is -1.35. The van der Waals surface area contributed by atoms with Gasteiger partial charge in [-0.05, 0) is 20.8 Å². The standard InChI is InChI=1S/C10H12O4/c1-4-8(12)5(2)10(14)7(6(3)11)9(4)13/h12-14H,1-3H3. The summed E-state index contributed by atoms with van der Waals surface area (Å²) in [6, 6.07) is 0. The van der Waals surface area contributed by atoms with Gasteiger partial charge in [-0.25, -0.2) is 0 Å². The summed E-state index contributed by atoms with van der Waals surface area (Å²) in [5.41, 5.74) is 0.258. The van der Waals surface area contributed by atoms with Gasteiger partial charge in [0, 0.05) is 11.1 Å². The molecular weight excluding hydrogens is 184 g/mol. The molecular formula is C10H12O4. The van der Waals surface area contributed by atoms with E-state index in [1.807, 2.05) is 0 Å². The van der Waals surface area contributed by atoms with Crippen LogP contribution in [0, 0.1) is 13.8 Å². The molecule has 4 nitrogen and oxygen atoms in total. The second kappa shape index (κ2) is 3.21. The van der Waals surface area contributed by atoms with Gasteiger partial charge in [0.2, 0.25) is 0 Å². The molecule has 0 bridgehead atoms. The first-order valence-electron chi connectivity index (χ1n) is 4.12. The predicted molar refractivity (Wildman–Crippen MR) is 50.9 cm³/mol. The van der Waals surface area contributed by atoms with Gasteiger partial charge < -0.3 is 15.3 Å². The van der Waals surface area contributed by atoms with Gasteiger partial charge in [-0.2, -0.15) is 0 Å². The molecule has 0 fully saturated rings. The Labute approximate surface area is 81.4 Å². The zero-order chi connectivity index (χ0) is 11.0. The van der Waals surface area contributed by atoms with Crippen LogP contribution in [0.3, 0.4) is 0 Å². The highest BCUT2D eigenvalue weighted by molar-refractivity contribution is 6.00. The van der Waals surface area contributed by atoms with E-state index in [1.54, 1.807) is 0 Å². The van der Waals surface area contributed by atoms with E-state index >= 15 is 0 Å². The van der Waals surface area contributed by atoms with Crippen LogP contribution < -0.4 is 0 Å². The van der Waals surface area contributed by atoms with Gasteiger partial charge >= 0.3 is 0 Å². The highest BCUT2D eigenvalue weighted by Gasteiger charge is 2.21. The predicted octanol–water partition coefficient (Wildman–Crippen LogP) is 1.62. The van der Waals surface area contributed by atoms with Crippen LogP contribution in [0.2, 0.25) is 0 Å². The molecule has 0 atom stereocenters. The van der Waals surface area contributed by atoms with Gasteiger partial charge in [0.25, 0.3) is 0 Å². The minimum Gasteiger partial charge on any atom is -0.507 e. The first-order valence-corrected chi connectivity index (χ1v) is 4.12. The molecule has 0 aliphatic carbocycles. The van der Waals surface area contributed by atoms with Crippen molar-refractivity contribution in [2.45, 2.75) is 20.8 Å². The third-order valence-electron chi connectivity index (χ3n) is 2.25. The van der Waals surface area contributed by atoms with E-state index in [-0.39, 0.29) is 33.9 Å². The SMILES string of the molecule is CC(=O)c1c(O)c(C)c(O)c(C)c1O. The molecule has 0 spiro atoms. The fourth-order valence-electron chi connectivity index (χ4n) is 1.33. The van der Waals surface area contributed by atoms with E-state index in [4.69, 9.17) is 0 Å². The van der Waals surface area contributed by atoms with Gasteiger partial charge in [0.15, 0.2) is 5.78 Å². The molecule has 0 saturated carbocycles. The minimum atomic E-state index is -0.439. The van der Waals surface area contributed by atoms with Crippen molar-refractivity contribution in [3.63, 3.8) is 0 Å². The van der Waals surface area contributed by atoms with Crippen molar-refractivity contribution in [3.8, 4) is 17.2 Å². The number of benzene rings is 1. The van der Waals surface area contributed by atoms with Crippen LogP contribution in [-0.2, 0) is 0 Å². The smallest absolute Gasteiger partial charge is 0.167 e. The highest BCUT2D eigenvalue weighted by Crippen LogP contribution is 2.40. The number of phenolic OH excluding ortho intramolecular Hbond substituents is 3. The van der Waals surface area contributed by atoms with Gasteiger partial charge in [0.1, 0.15) is 22.8 Å². The Balaban J connectivity index is 3.68. The van der Waals surface area contributed by atoms with E-state index in [0.29, 0.717) is 0 Å². The topological polar surface area (TPSA) is 77.8 Å². The number of carbonyl (C=O) groups excluding carboxylic acids is 1. The fraction of sp³-hybridized carbons (Fsp3) is 0.300. The van der Waals surface area contributed by atoms with Crippen molar-refractivity contribution in [1.82, 2.24) is 0 Å². The van der Waals surface area contributed by atoms with E-state index in [0.717, 1.165) is 0 Å². The lowest BCUT2D eigenvalue weighted by Crippen LogP contribution is -1.97. The molecule has 1 aromatic carbocycles. The Morgan fingerprint density at radius 2 is 1.29 bits per heavy atom. The molecule has 0 unspecified atom stereocenters. The summed E-state index contributed by atoms with van der Waals surface area (Å²) in [5, 5.41) is 28.5. The number of carbonyl (C=O) groups is 1. The monoisotopic (exact) mass is 196 g/mol. The molecule has 1 aromatic rings. The Morgan fingerprint density at radius 1 is 0.929 bits per heavy atom. The zero-order valence-corrected chi connectivity index (χ0v) is 8.25. The van der Waals surface area contributed by atoms with Crippen LogP contribution in [0.15, 0.2) is 0 Å². The molecule has 0 aliphatic rings. The molecule has 0 aromatic heterocycles. The number of aromatic hydroxyl groups is 3. The molecule has 0 amide bonds. The second-order valence-electron chi connectivity index (χ2n) is 3.23. The van der Waals surface area contributed by atoms with Crippen LogP contribution in [-0.4, -0.2) is 21.1 Å². The van der Waals surface area contributed by atoms with Crippen molar-refractivity contribution in [1.29, 1.82) is 0 Å². The summed E-state index contributed by atoms with van der Waals surface area (Å²) < 4.78 is 0. The maximum Gasteiger partial charge on any atom is 0.167 e. The summed E-state index contributed by atoms with van der Waals surface area (Å²) in [7, 11) is 0. The Kier molecular flexibility index (Phi) is 2.38. The third kappa shape index (κ3) is 1.28. The largest absolute Gasteiger partial charge is 0.507 e. The molecule has 0 aliphatic heterocycles. The molecule has 3 N–H and O–H groups in total. The van der Waals surface area contributed by atoms with Gasteiger partial charge in [-0.15, -0.1) is 0 Å². The molecule has 1 rings (SSSR count). The number of phenols is 3. The lowest BCUT2D eigenvalue weighted by atomic mass is 10.00. The van der Waals surface area contributed by atoms with Gasteiger partial charge in [-0.3, -0.25) is 4.79 Å². The minimum absolute atomic E-state index is 0.141. The number of rotatable bonds is 1. The first-order chi connectivity index (χ1) is 6.37. The lowest BCUT2D eigenvalue weighted by molar-refractivity contribution is 0.101. The van der Waals surface area contributed by atoms with Crippen LogP contribution in [0.4, 0.5) is 0 Å². The maximum absolute atomic E-state index is 11.1.